The van der Waals surface area contributed by atoms with Crippen LogP contribution in [0.15, 0.2) is 4.79 Å². The summed E-state index contributed by atoms with van der Waals surface area (Å²) in [6.07, 6.45) is 5.13. The van der Waals surface area contributed by atoms with E-state index < -0.39 is 0 Å². The summed E-state index contributed by atoms with van der Waals surface area (Å²) in [6, 6.07) is 0. The van der Waals surface area contributed by atoms with E-state index in [1.807, 2.05) is 0 Å². The third kappa shape index (κ3) is 2.19. The summed E-state index contributed by atoms with van der Waals surface area (Å²) in [5, 5.41) is 3.15. The van der Waals surface area contributed by atoms with Crippen molar-refractivity contribution >= 4 is 5.95 Å². The Morgan fingerprint density at radius 3 is 3.13 bits per heavy atom. The zero-order chi connectivity index (χ0) is 10.7. The van der Waals surface area contributed by atoms with Crippen LogP contribution in [0.5, 0.6) is 0 Å². The van der Waals surface area contributed by atoms with Gasteiger partial charge in [0.15, 0.2) is 0 Å². The van der Waals surface area contributed by atoms with E-state index in [2.05, 4.69) is 22.2 Å². The van der Waals surface area contributed by atoms with E-state index in [1.165, 1.54) is 0 Å². The van der Waals surface area contributed by atoms with Crippen LogP contribution in [-0.2, 0) is 12.8 Å². The molecule has 1 aromatic rings. The number of unbranched alkanes of at least 4 members (excludes halogenated alkanes) is 1. The van der Waals surface area contributed by atoms with Crippen LogP contribution < -0.4 is 10.9 Å². The van der Waals surface area contributed by atoms with E-state index in [9.17, 15) is 4.79 Å². The van der Waals surface area contributed by atoms with Gasteiger partial charge in [0, 0.05) is 12.1 Å². The molecule has 4 heteroatoms. The Morgan fingerprint density at radius 1 is 1.47 bits per heavy atom. The normalized spacial score (nSPS) is 13.9. The maximum Gasteiger partial charge on any atom is 0.255 e. The van der Waals surface area contributed by atoms with Gasteiger partial charge in [-0.25, -0.2) is 4.98 Å². The Hall–Kier alpha value is -1.32. The van der Waals surface area contributed by atoms with Crippen LogP contribution in [0.4, 0.5) is 5.95 Å². The number of H-pyrrole nitrogens is 1. The average molecular weight is 207 g/mol. The number of aromatic amines is 1. The van der Waals surface area contributed by atoms with Crippen molar-refractivity contribution < 1.29 is 0 Å². The summed E-state index contributed by atoms with van der Waals surface area (Å²) < 4.78 is 0. The minimum Gasteiger partial charge on any atom is -0.356 e. The highest BCUT2D eigenvalue weighted by atomic mass is 16.1. The molecule has 1 heterocycles. The average Bonchev–Trinajstić information content (AvgIpc) is 2.66. The zero-order valence-electron chi connectivity index (χ0n) is 9.10. The molecule has 0 amide bonds. The quantitative estimate of drug-likeness (QED) is 0.735. The van der Waals surface area contributed by atoms with Gasteiger partial charge in [-0.05, 0) is 25.7 Å². The number of hydrogen-bond acceptors (Lipinski definition) is 3. The first-order valence-electron chi connectivity index (χ1n) is 5.67. The molecule has 4 nitrogen and oxygen atoms in total. The van der Waals surface area contributed by atoms with Crippen molar-refractivity contribution in [2.45, 2.75) is 39.0 Å². The monoisotopic (exact) mass is 207 g/mol. The SMILES string of the molecule is CCCCNc1nc2c(c(=O)[nH]1)CCC2. The van der Waals surface area contributed by atoms with Crippen molar-refractivity contribution in [1.82, 2.24) is 9.97 Å². The fourth-order valence-corrected chi connectivity index (χ4v) is 1.91. The van der Waals surface area contributed by atoms with E-state index >= 15 is 0 Å². The molecule has 2 rings (SSSR count). The number of nitrogens with one attached hydrogen (secondary N) is 2. The first kappa shape index (κ1) is 10.2. The van der Waals surface area contributed by atoms with Crippen molar-refractivity contribution in [2.75, 3.05) is 11.9 Å². The lowest BCUT2D eigenvalue weighted by Gasteiger charge is -2.05. The summed E-state index contributed by atoms with van der Waals surface area (Å²) in [5.74, 6) is 0.633. The van der Waals surface area contributed by atoms with E-state index in [0.29, 0.717) is 5.95 Å². The maximum atomic E-state index is 11.6. The Kier molecular flexibility index (Phi) is 3.04. The molecule has 82 valence electrons. The summed E-state index contributed by atoms with van der Waals surface area (Å²) in [4.78, 5) is 18.8. The molecule has 0 saturated heterocycles. The number of anilines is 1. The van der Waals surface area contributed by atoms with Crippen LogP contribution in [-0.4, -0.2) is 16.5 Å². The molecule has 0 aliphatic heterocycles. The van der Waals surface area contributed by atoms with E-state index in [-0.39, 0.29) is 5.56 Å². The lowest BCUT2D eigenvalue weighted by atomic mass is 10.3. The predicted molar refractivity (Wildman–Crippen MR) is 60.3 cm³/mol. The van der Waals surface area contributed by atoms with Crippen molar-refractivity contribution in [3.05, 3.63) is 21.6 Å². The molecule has 15 heavy (non-hydrogen) atoms. The molecule has 0 aromatic carbocycles. The maximum absolute atomic E-state index is 11.6. The first-order chi connectivity index (χ1) is 7.31. The van der Waals surface area contributed by atoms with Crippen LogP contribution in [0, 0.1) is 0 Å². The largest absolute Gasteiger partial charge is 0.356 e. The third-order valence-electron chi connectivity index (χ3n) is 2.76. The summed E-state index contributed by atoms with van der Waals surface area (Å²) >= 11 is 0. The van der Waals surface area contributed by atoms with Gasteiger partial charge in [0.2, 0.25) is 5.95 Å². The molecule has 1 aliphatic rings. The van der Waals surface area contributed by atoms with Crippen LogP contribution in [0.25, 0.3) is 0 Å². The Bertz CT molecular complexity index is 397. The molecule has 0 spiro atoms. The molecule has 0 bridgehead atoms. The molecule has 0 unspecified atom stereocenters. The Balaban J connectivity index is 2.13. The smallest absolute Gasteiger partial charge is 0.255 e. The summed E-state index contributed by atoms with van der Waals surface area (Å²) in [7, 11) is 0. The minimum absolute atomic E-state index is 0.0384. The van der Waals surface area contributed by atoms with E-state index in [0.717, 1.165) is 49.9 Å². The van der Waals surface area contributed by atoms with E-state index in [1.54, 1.807) is 0 Å². The first-order valence-corrected chi connectivity index (χ1v) is 5.67. The Labute approximate surface area is 89.1 Å². The Morgan fingerprint density at radius 2 is 2.33 bits per heavy atom. The second-order valence-electron chi connectivity index (χ2n) is 3.97. The van der Waals surface area contributed by atoms with Gasteiger partial charge in [0.1, 0.15) is 0 Å². The number of aromatic nitrogens is 2. The standard InChI is InChI=1S/C11H17N3O/c1-2-3-7-12-11-13-9-6-4-5-8(9)10(15)14-11/h2-7H2,1H3,(H2,12,13,14,15). The van der Waals surface area contributed by atoms with Gasteiger partial charge >= 0.3 is 0 Å². The topological polar surface area (TPSA) is 57.8 Å². The third-order valence-corrected chi connectivity index (χ3v) is 2.76. The number of hydrogen-bond donors (Lipinski definition) is 2. The van der Waals surface area contributed by atoms with Gasteiger partial charge in [-0.2, -0.15) is 0 Å². The van der Waals surface area contributed by atoms with E-state index in [4.69, 9.17) is 0 Å². The van der Waals surface area contributed by atoms with Crippen molar-refractivity contribution in [3.63, 3.8) is 0 Å². The number of aryl methyl sites for hydroxylation is 1. The van der Waals surface area contributed by atoms with Gasteiger partial charge in [-0.15, -0.1) is 0 Å². The molecular formula is C11H17N3O. The van der Waals surface area contributed by atoms with Crippen LogP contribution in [0.3, 0.4) is 0 Å². The summed E-state index contributed by atoms with van der Waals surface area (Å²) in [5.41, 5.74) is 1.91. The van der Waals surface area contributed by atoms with Gasteiger partial charge in [0.05, 0.1) is 5.69 Å². The molecule has 0 fully saturated rings. The minimum atomic E-state index is 0.0384. The van der Waals surface area contributed by atoms with Gasteiger partial charge in [0.25, 0.3) is 5.56 Å². The van der Waals surface area contributed by atoms with Crippen LogP contribution >= 0.6 is 0 Å². The number of nitrogens with zero attached hydrogens (tertiary/aromatic N) is 1. The molecule has 0 radical (unpaired) electrons. The number of rotatable bonds is 4. The highest BCUT2D eigenvalue weighted by Crippen LogP contribution is 2.16. The van der Waals surface area contributed by atoms with Crippen molar-refractivity contribution in [2.24, 2.45) is 0 Å². The van der Waals surface area contributed by atoms with Crippen molar-refractivity contribution in [3.8, 4) is 0 Å². The highest BCUT2D eigenvalue weighted by molar-refractivity contribution is 5.31. The van der Waals surface area contributed by atoms with Crippen molar-refractivity contribution in [1.29, 1.82) is 0 Å². The second-order valence-corrected chi connectivity index (χ2v) is 3.97. The molecule has 2 N–H and O–H groups in total. The second kappa shape index (κ2) is 4.47. The fourth-order valence-electron chi connectivity index (χ4n) is 1.91. The van der Waals surface area contributed by atoms with Gasteiger partial charge < -0.3 is 5.32 Å². The van der Waals surface area contributed by atoms with Gasteiger partial charge in [-0.3, -0.25) is 9.78 Å². The lowest BCUT2D eigenvalue weighted by Crippen LogP contribution is -2.18. The molecule has 0 saturated carbocycles. The zero-order valence-corrected chi connectivity index (χ0v) is 9.10. The lowest BCUT2D eigenvalue weighted by molar-refractivity contribution is 0.822. The molecule has 1 aliphatic carbocycles. The van der Waals surface area contributed by atoms with Gasteiger partial charge in [-0.1, -0.05) is 13.3 Å². The fraction of sp³-hybridized carbons (Fsp3) is 0.636. The molecule has 0 atom stereocenters. The summed E-state index contributed by atoms with van der Waals surface area (Å²) in [6.45, 7) is 3.01. The molecule has 1 aromatic heterocycles. The van der Waals surface area contributed by atoms with Crippen LogP contribution in [0.1, 0.15) is 37.4 Å². The highest BCUT2D eigenvalue weighted by Gasteiger charge is 2.16. The number of fused-ring (bicyclic) bond motifs is 1. The predicted octanol–water partition coefficient (Wildman–Crippen LogP) is 1.47. The molecular weight excluding hydrogens is 190 g/mol. The van der Waals surface area contributed by atoms with Crippen LogP contribution in [0.2, 0.25) is 0 Å².